The van der Waals surface area contributed by atoms with Crippen LogP contribution in [0.3, 0.4) is 0 Å². The van der Waals surface area contributed by atoms with Gasteiger partial charge in [0.15, 0.2) is 0 Å². The minimum atomic E-state index is 1.06. The Morgan fingerprint density at radius 3 is 0.424 bits per heavy atom. The minimum Gasteiger partial charge on any atom is -0.106 e. The third-order valence-corrected chi connectivity index (χ3v) is 55.1. The molecule has 14 aliphatic heterocycles. The highest BCUT2D eigenvalue weighted by atomic mass is 32.3. The minimum absolute atomic E-state index is 1.06. The summed E-state index contributed by atoms with van der Waals surface area (Å²) >= 11 is 64.2. The van der Waals surface area contributed by atoms with E-state index in [9.17, 15) is 0 Å². The monoisotopic (exact) mass is 1440 g/mol. The van der Waals surface area contributed by atoms with Crippen molar-refractivity contribution >= 4 is 376 Å². The molecular formula is C34H12S32. The third kappa shape index (κ3) is 11.2. The Labute approximate surface area is 518 Å². The summed E-state index contributed by atoms with van der Waals surface area (Å²) in [5.41, 5.74) is 0. The number of rotatable bonds is 0. The lowest BCUT2D eigenvalue weighted by atomic mass is 11.2. The zero-order chi connectivity index (χ0) is 43.3. The summed E-state index contributed by atoms with van der Waals surface area (Å²) in [6, 6.07) is 0. The molecule has 0 fully saturated rings. The number of hydrogen-bond acceptors (Lipinski definition) is 32. The fourth-order valence-electron chi connectivity index (χ4n) is 5.54. The Kier molecular flexibility index (Phi) is 18.2. The summed E-state index contributed by atoms with van der Waals surface area (Å²) in [6.45, 7) is 0. The number of thioether (sulfide) groups is 32. The maximum Gasteiger partial charge on any atom is 0.0718 e. The van der Waals surface area contributed by atoms with Crippen molar-refractivity contribution in [2.45, 2.75) is 0 Å². The molecule has 0 unspecified atom stereocenters. The molecule has 0 spiro atoms. The van der Waals surface area contributed by atoms with Crippen LogP contribution in [0.25, 0.3) is 0 Å². The van der Waals surface area contributed by atoms with Gasteiger partial charge in [0, 0.05) is 20.3 Å². The lowest BCUT2D eigenvalue weighted by Gasteiger charge is -2.09. The molecule has 14 rings (SSSR count). The summed E-state index contributed by atoms with van der Waals surface area (Å²) in [7, 11) is 0. The zero-order valence-electron chi connectivity index (χ0n) is 31.2. The van der Waals surface area contributed by atoms with E-state index in [1.165, 1.54) is 110 Å². The van der Waals surface area contributed by atoms with Crippen LogP contribution in [0, 0.1) is 0 Å². The predicted octanol–water partition coefficient (Wildman–Crippen LogP) is 26.1. The highest BCUT2D eigenvalue weighted by Gasteiger charge is 2.41. The average molecular weight is 1450 g/mol. The van der Waals surface area contributed by atoms with Gasteiger partial charge in [0.1, 0.15) is 0 Å². The van der Waals surface area contributed by atoms with Gasteiger partial charge in [0.25, 0.3) is 0 Å². The summed E-state index contributed by atoms with van der Waals surface area (Å²) in [5, 5.41) is 13.1. The van der Waals surface area contributed by atoms with Crippen molar-refractivity contribution in [3.05, 3.63) is 132 Å². The normalized spacial score (nSPS) is 28.2. The lowest BCUT2D eigenvalue weighted by Crippen LogP contribution is -1.80. The molecule has 0 N–H and O–H groups in total. The van der Waals surface area contributed by atoms with Crippen molar-refractivity contribution in [2.24, 2.45) is 0 Å². The molecule has 0 aromatic heterocycles. The Balaban J connectivity index is 0.552. The largest absolute Gasteiger partial charge is 0.106 e. The smallest absolute Gasteiger partial charge is 0.0718 e. The van der Waals surface area contributed by atoms with Crippen LogP contribution in [0.1, 0.15) is 0 Å². The summed E-state index contributed by atoms with van der Waals surface area (Å²) < 4.78 is 38.7. The average Bonchev–Trinajstić information content (AvgIpc) is 4.14. The van der Waals surface area contributed by atoms with E-state index >= 15 is 0 Å². The standard InChI is InChI=1S/C34H12S32/c1-2-36-9(35-1)19-55-29-30(56-19)60-25(59-29)21-47-11-12(48-21)40-6-44-16-15(43-5-39-11)51-23(52-16)27-63-33-34(64-27)66-28(65-33)24-53-17-18(54-24)46-8-42-14-13(41-7-45-17)49-22(50-14)26-61-31-32(62-26)58-20(57-31)10-37-3-4-38-10/h1-4H,5-8H2. The summed E-state index contributed by atoms with van der Waals surface area (Å²) in [4.78, 5) is 0. The molecule has 0 aromatic rings. The van der Waals surface area contributed by atoms with Crippen LogP contribution < -0.4 is 0 Å². The van der Waals surface area contributed by atoms with E-state index in [1.807, 2.05) is 282 Å². The van der Waals surface area contributed by atoms with Gasteiger partial charge in [-0.05, 0) is 21.6 Å². The molecule has 0 nitrogen and oxygen atoms in total. The molecule has 0 saturated carbocycles. The van der Waals surface area contributed by atoms with E-state index in [1.54, 1.807) is 0 Å². The van der Waals surface area contributed by atoms with Crippen LogP contribution in [0.4, 0.5) is 0 Å². The van der Waals surface area contributed by atoms with Crippen LogP contribution in [0.5, 0.6) is 0 Å². The van der Waals surface area contributed by atoms with E-state index < -0.39 is 0 Å². The van der Waals surface area contributed by atoms with Gasteiger partial charge < -0.3 is 0 Å². The molecule has 14 heterocycles. The molecule has 0 saturated heterocycles. The van der Waals surface area contributed by atoms with Gasteiger partial charge >= 0.3 is 0 Å². The molecular weight excluding hydrogens is 1430 g/mol. The van der Waals surface area contributed by atoms with E-state index in [2.05, 4.69) is 116 Å². The van der Waals surface area contributed by atoms with Gasteiger partial charge in [-0.15, -0.1) is 94.1 Å². The van der Waals surface area contributed by atoms with E-state index in [4.69, 9.17) is 0 Å². The van der Waals surface area contributed by atoms with Crippen molar-refractivity contribution in [3.63, 3.8) is 0 Å². The van der Waals surface area contributed by atoms with Gasteiger partial charge in [-0.2, -0.15) is 0 Å². The van der Waals surface area contributed by atoms with Crippen molar-refractivity contribution in [2.75, 3.05) is 20.3 Å². The molecule has 0 aliphatic carbocycles. The molecule has 0 amide bonds. The van der Waals surface area contributed by atoms with Crippen LogP contribution >= 0.6 is 376 Å². The Morgan fingerprint density at radius 2 is 0.273 bits per heavy atom. The molecule has 0 aromatic carbocycles. The second-order valence-corrected chi connectivity index (χ2v) is 52.3. The lowest BCUT2D eigenvalue weighted by molar-refractivity contribution is 2.15. The Morgan fingerprint density at radius 1 is 0.152 bits per heavy atom. The summed E-state index contributed by atoms with van der Waals surface area (Å²) in [5.74, 6) is 0. The molecule has 14 aliphatic rings. The first-order valence-corrected chi connectivity index (χ1v) is 45.5. The third-order valence-electron chi connectivity index (χ3n) is 8.21. The van der Waals surface area contributed by atoms with Gasteiger partial charge in [-0.3, -0.25) is 0 Å². The number of hydrogen-bond donors (Lipinski definition) is 0. The van der Waals surface area contributed by atoms with Crippen molar-refractivity contribution in [3.8, 4) is 0 Å². The van der Waals surface area contributed by atoms with Crippen molar-refractivity contribution < 1.29 is 0 Å². The van der Waals surface area contributed by atoms with Crippen LogP contribution in [0.2, 0.25) is 0 Å². The summed E-state index contributed by atoms with van der Waals surface area (Å²) in [6.07, 6.45) is 0. The first-order valence-electron chi connectivity index (χ1n) is 17.8. The Hall–Kier alpha value is 7.30. The molecule has 0 atom stereocenters. The van der Waals surface area contributed by atoms with E-state index in [-0.39, 0.29) is 0 Å². The first kappa shape index (κ1) is 51.4. The molecule has 0 bridgehead atoms. The zero-order valence-corrected chi connectivity index (χ0v) is 57.3. The quantitative estimate of drug-likeness (QED) is 0.226. The maximum absolute atomic E-state index is 2.20. The highest BCUT2D eigenvalue weighted by Crippen LogP contribution is 2.77. The highest BCUT2D eigenvalue weighted by molar-refractivity contribution is 8.54. The fourth-order valence-corrected chi connectivity index (χ4v) is 55.6. The van der Waals surface area contributed by atoms with Crippen LogP contribution in [0.15, 0.2) is 132 Å². The van der Waals surface area contributed by atoms with Crippen molar-refractivity contribution in [1.82, 2.24) is 0 Å². The van der Waals surface area contributed by atoms with E-state index in [0.717, 1.165) is 20.3 Å². The molecule has 66 heavy (non-hydrogen) atoms. The molecule has 340 valence electrons. The predicted molar refractivity (Wildman–Crippen MR) is 372 cm³/mol. The van der Waals surface area contributed by atoms with Gasteiger partial charge in [-0.1, -0.05) is 282 Å². The van der Waals surface area contributed by atoms with E-state index in [0.29, 0.717) is 0 Å². The van der Waals surface area contributed by atoms with Gasteiger partial charge in [0.2, 0.25) is 0 Å². The second-order valence-electron chi connectivity index (χ2n) is 12.2. The van der Waals surface area contributed by atoms with Gasteiger partial charge in [0.05, 0.1) is 110 Å². The van der Waals surface area contributed by atoms with Crippen molar-refractivity contribution in [1.29, 1.82) is 0 Å². The SMILES string of the molecule is C1=CSC(=C2SC3=C(S2)SC(=C2SC4=C(SCSC5=C(SCS4)SC(=C4SC6=C(S4)SC(=C4SC7=C(SCSC8=C(SCS7)SC(=C7SC9=C(SC(=C%10SC=CS%10)S9)S7)S8)S4)S6)S5)S2)S3)S1. The first-order chi connectivity index (χ1) is 32.6. The van der Waals surface area contributed by atoms with Crippen LogP contribution in [-0.4, -0.2) is 20.3 Å². The van der Waals surface area contributed by atoms with Crippen LogP contribution in [-0.2, 0) is 0 Å². The topological polar surface area (TPSA) is 0 Å². The molecule has 0 radical (unpaired) electrons. The fraction of sp³-hybridized carbons (Fsp3) is 0.118. The second kappa shape index (κ2) is 23.4. The Bertz CT molecular complexity index is 2460. The maximum atomic E-state index is 2.20. The van der Waals surface area contributed by atoms with Gasteiger partial charge in [-0.25, -0.2) is 0 Å². The molecule has 32 heteroatoms.